The number of carbonyl (C=O) groups excluding carboxylic acids is 1. The second-order valence-corrected chi connectivity index (χ2v) is 3.41. The molecule has 0 aromatic carbocycles. The van der Waals surface area contributed by atoms with Crippen LogP contribution in [0.3, 0.4) is 0 Å². The van der Waals surface area contributed by atoms with E-state index in [1.807, 2.05) is 0 Å². The van der Waals surface area contributed by atoms with E-state index in [1.165, 1.54) is 0 Å². The molecule has 0 aromatic heterocycles. The Balaban J connectivity index is 5.60. The Morgan fingerprint density at radius 1 is 1.05 bits per heavy atom. The zero-order valence-corrected chi connectivity index (χ0v) is 9.59. The minimum Gasteiger partial charge on any atom is -0.478 e. The van der Waals surface area contributed by atoms with Crippen LogP contribution in [0.1, 0.15) is 6.42 Å². The lowest BCUT2D eigenvalue weighted by Crippen LogP contribution is -2.59. The predicted molar refractivity (Wildman–Crippen MR) is 52.5 cm³/mol. The summed E-state index contributed by atoms with van der Waals surface area (Å²) >= 11 is 0. The highest BCUT2D eigenvalue weighted by atomic mass is 19.4. The molecule has 0 atom stereocenters. The Morgan fingerprint density at radius 2 is 1.50 bits per heavy atom. The molecule has 20 heavy (non-hydrogen) atoms. The summed E-state index contributed by atoms with van der Waals surface area (Å²) in [7, 11) is 0. The molecule has 0 saturated carbocycles. The molecule has 1 N–H and O–H groups in total. The molecule has 0 amide bonds. The highest BCUT2D eigenvalue weighted by Crippen LogP contribution is 2.48. The van der Waals surface area contributed by atoms with Gasteiger partial charge in [0.2, 0.25) is 0 Å². The van der Waals surface area contributed by atoms with Gasteiger partial charge in [-0.1, -0.05) is 6.08 Å². The maximum Gasteiger partial charge on any atom is 0.437 e. The van der Waals surface area contributed by atoms with Crippen LogP contribution in [0, 0.1) is 0 Å². The first-order valence-electron chi connectivity index (χ1n) is 4.75. The quantitative estimate of drug-likeness (QED) is 0.367. The zero-order chi connectivity index (χ0) is 16.2. The van der Waals surface area contributed by atoms with E-state index >= 15 is 0 Å². The summed E-state index contributed by atoms with van der Waals surface area (Å²) < 4.78 is 79.2. The summed E-state index contributed by atoms with van der Waals surface area (Å²) in [4.78, 5) is 21.0. The molecule has 0 spiro atoms. The molecule has 0 aliphatic heterocycles. The standard InChI is InChI=1S/C10H8F6O4/c1-2-5-8(9(11,12)13,10(14,15)16)20-7(19)4-3-6(17)18/h2-4H,1,5H2,(H,17,18)/b4-3+. The Kier molecular flexibility index (Phi) is 5.37. The molecular weight excluding hydrogens is 298 g/mol. The summed E-state index contributed by atoms with van der Waals surface area (Å²) in [6, 6.07) is 0. The van der Waals surface area contributed by atoms with E-state index in [-0.39, 0.29) is 18.2 Å². The molecule has 4 nitrogen and oxygen atoms in total. The number of halogens is 6. The van der Waals surface area contributed by atoms with Gasteiger partial charge >= 0.3 is 29.9 Å². The molecule has 0 unspecified atom stereocenters. The fourth-order valence-corrected chi connectivity index (χ4v) is 1.10. The Labute approximate surface area is 108 Å². The molecule has 0 aromatic rings. The van der Waals surface area contributed by atoms with Gasteiger partial charge in [0.15, 0.2) is 0 Å². The van der Waals surface area contributed by atoms with Crippen LogP contribution in [0.15, 0.2) is 24.8 Å². The molecule has 0 radical (unpaired) electrons. The third kappa shape index (κ3) is 4.00. The first-order chi connectivity index (χ1) is 8.87. The maximum atomic E-state index is 12.6. The number of rotatable bonds is 5. The van der Waals surface area contributed by atoms with Gasteiger partial charge in [-0.3, -0.25) is 0 Å². The fourth-order valence-electron chi connectivity index (χ4n) is 1.10. The smallest absolute Gasteiger partial charge is 0.437 e. The second kappa shape index (κ2) is 5.97. The van der Waals surface area contributed by atoms with E-state index in [4.69, 9.17) is 5.11 Å². The third-order valence-electron chi connectivity index (χ3n) is 1.98. The normalized spacial score (nSPS) is 13.3. The highest BCUT2D eigenvalue weighted by Gasteiger charge is 2.73. The van der Waals surface area contributed by atoms with Gasteiger partial charge in [-0.05, 0) is 0 Å². The first kappa shape index (κ1) is 18.0. The monoisotopic (exact) mass is 306 g/mol. The van der Waals surface area contributed by atoms with Crippen molar-refractivity contribution in [2.75, 3.05) is 0 Å². The van der Waals surface area contributed by atoms with Crippen LogP contribution < -0.4 is 0 Å². The number of carboxylic acid groups (broad SMARTS) is 1. The third-order valence-corrected chi connectivity index (χ3v) is 1.98. The van der Waals surface area contributed by atoms with Crippen LogP contribution in [0.5, 0.6) is 0 Å². The summed E-state index contributed by atoms with van der Waals surface area (Å²) in [6.45, 7) is 2.75. The lowest BCUT2D eigenvalue weighted by molar-refractivity contribution is -0.367. The van der Waals surface area contributed by atoms with Gasteiger partial charge in [-0.2, -0.15) is 26.3 Å². The topological polar surface area (TPSA) is 63.6 Å². The Hall–Kier alpha value is -2.00. The van der Waals surface area contributed by atoms with Crippen molar-refractivity contribution < 1.29 is 45.8 Å². The van der Waals surface area contributed by atoms with E-state index in [0.717, 1.165) is 0 Å². The summed E-state index contributed by atoms with van der Waals surface area (Å²) in [5.74, 6) is -3.83. The number of ether oxygens (including phenoxy) is 1. The van der Waals surface area contributed by atoms with Gasteiger partial charge in [-0.15, -0.1) is 6.58 Å². The van der Waals surface area contributed by atoms with E-state index in [9.17, 15) is 35.9 Å². The fraction of sp³-hybridized carbons (Fsp3) is 0.400. The number of hydrogen-bond acceptors (Lipinski definition) is 3. The van der Waals surface area contributed by atoms with Crippen LogP contribution in [0.25, 0.3) is 0 Å². The lowest BCUT2D eigenvalue weighted by atomic mass is 9.97. The van der Waals surface area contributed by atoms with Gasteiger partial charge in [0.25, 0.3) is 0 Å². The van der Waals surface area contributed by atoms with E-state index in [2.05, 4.69) is 11.3 Å². The minimum absolute atomic E-state index is 0.0494. The van der Waals surface area contributed by atoms with Crippen LogP contribution in [0.4, 0.5) is 26.3 Å². The summed E-state index contributed by atoms with van der Waals surface area (Å²) in [5, 5.41) is 8.13. The molecule has 0 bridgehead atoms. The van der Waals surface area contributed by atoms with Crippen LogP contribution in [-0.4, -0.2) is 35.0 Å². The molecule has 0 heterocycles. The highest BCUT2D eigenvalue weighted by molar-refractivity contribution is 5.91. The Bertz CT molecular complexity index is 406. The van der Waals surface area contributed by atoms with Crippen molar-refractivity contribution >= 4 is 11.9 Å². The van der Waals surface area contributed by atoms with Crippen LogP contribution in [0.2, 0.25) is 0 Å². The van der Waals surface area contributed by atoms with E-state index in [0.29, 0.717) is 0 Å². The van der Waals surface area contributed by atoms with Gasteiger partial charge in [-0.25, -0.2) is 9.59 Å². The van der Waals surface area contributed by atoms with Crippen LogP contribution in [-0.2, 0) is 14.3 Å². The second-order valence-electron chi connectivity index (χ2n) is 3.41. The molecule has 0 rings (SSSR count). The van der Waals surface area contributed by atoms with Gasteiger partial charge < -0.3 is 9.84 Å². The van der Waals surface area contributed by atoms with Crippen molar-refractivity contribution in [1.82, 2.24) is 0 Å². The zero-order valence-electron chi connectivity index (χ0n) is 9.59. The molecule has 114 valence electrons. The Morgan fingerprint density at radius 3 is 1.80 bits per heavy atom. The first-order valence-corrected chi connectivity index (χ1v) is 4.75. The summed E-state index contributed by atoms with van der Waals surface area (Å²) in [6.07, 6.45) is -13.4. The maximum absolute atomic E-state index is 12.6. The van der Waals surface area contributed by atoms with Gasteiger partial charge in [0.1, 0.15) is 0 Å². The SMILES string of the molecule is C=CCC(OC(=O)/C=C/C(=O)O)(C(F)(F)F)C(F)(F)F. The number of alkyl halides is 6. The number of carboxylic acids is 1. The van der Waals surface area contributed by atoms with Crippen molar-refractivity contribution in [3.8, 4) is 0 Å². The summed E-state index contributed by atoms with van der Waals surface area (Å²) in [5.41, 5.74) is -4.78. The number of aliphatic carboxylic acids is 1. The van der Waals surface area contributed by atoms with Gasteiger partial charge in [0.05, 0.1) is 0 Å². The molecule has 10 heteroatoms. The molecule has 0 saturated heterocycles. The number of esters is 1. The van der Waals surface area contributed by atoms with Crippen molar-refractivity contribution in [2.45, 2.75) is 24.4 Å². The largest absolute Gasteiger partial charge is 0.478 e. The molecule has 0 aliphatic rings. The van der Waals surface area contributed by atoms with E-state index < -0.39 is 36.3 Å². The van der Waals surface area contributed by atoms with E-state index in [1.54, 1.807) is 0 Å². The average molecular weight is 306 g/mol. The molecular formula is C10H8F6O4. The van der Waals surface area contributed by atoms with Crippen molar-refractivity contribution in [2.24, 2.45) is 0 Å². The predicted octanol–water partition coefficient (Wildman–Crippen LogP) is 2.61. The lowest BCUT2D eigenvalue weighted by Gasteiger charge is -2.35. The minimum atomic E-state index is -5.95. The van der Waals surface area contributed by atoms with Gasteiger partial charge in [0, 0.05) is 18.6 Å². The molecule has 0 aliphatic carbocycles. The van der Waals surface area contributed by atoms with Crippen molar-refractivity contribution in [3.63, 3.8) is 0 Å². The number of hydrogen-bond donors (Lipinski definition) is 1. The number of carbonyl (C=O) groups is 2. The molecule has 0 fully saturated rings. The van der Waals surface area contributed by atoms with Crippen molar-refractivity contribution in [1.29, 1.82) is 0 Å². The van der Waals surface area contributed by atoms with Crippen molar-refractivity contribution in [3.05, 3.63) is 24.8 Å². The average Bonchev–Trinajstić information content (AvgIpc) is 2.22. The van der Waals surface area contributed by atoms with Crippen LogP contribution >= 0.6 is 0 Å².